The molecule has 1 heteroatoms. The molecule has 0 nitrogen and oxygen atoms in total. The zero-order valence-corrected chi connectivity index (χ0v) is 7.81. The highest BCUT2D eigenvalue weighted by atomic mass is 32.2. The van der Waals surface area contributed by atoms with Gasteiger partial charge >= 0.3 is 0 Å². The molecule has 1 aliphatic carbocycles. The van der Waals surface area contributed by atoms with E-state index in [9.17, 15) is 0 Å². The predicted octanol–water partition coefficient (Wildman–Crippen LogP) is 3.35. The highest BCUT2D eigenvalue weighted by molar-refractivity contribution is 7.99. The van der Waals surface area contributed by atoms with Crippen molar-refractivity contribution in [1.82, 2.24) is 0 Å². The Kier molecular flexibility index (Phi) is 1.48. The van der Waals surface area contributed by atoms with Crippen LogP contribution >= 0.6 is 11.8 Å². The van der Waals surface area contributed by atoms with Crippen LogP contribution in [0.4, 0.5) is 0 Å². The Bertz CT molecular complexity index is 267. The first-order valence-corrected chi connectivity index (χ1v) is 5.70. The van der Waals surface area contributed by atoms with E-state index in [2.05, 4.69) is 36.0 Å². The molecule has 1 aromatic rings. The molecule has 0 saturated carbocycles. The van der Waals surface area contributed by atoms with Crippen molar-refractivity contribution in [2.24, 2.45) is 0 Å². The number of hydrogen-bond acceptors (Lipinski definition) is 1. The van der Waals surface area contributed by atoms with Crippen molar-refractivity contribution < 1.29 is 0 Å². The summed E-state index contributed by atoms with van der Waals surface area (Å²) in [6.07, 6.45) is 2.83. The van der Waals surface area contributed by atoms with Crippen LogP contribution in [0, 0.1) is 0 Å². The first kappa shape index (κ1) is 7.02. The monoisotopic (exact) mass is 176 g/mol. The van der Waals surface area contributed by atoms with Crippen molar-refractivity contribution in [3.8, 4) is 0 Å². The molecule has 12 heavy (non-hydrogen) atoms. The normalized spacial score (nSPS) is 31.7. The summed E-state index contributed by atoms with van der Waals surface area (Å²) in [5.74, 6) is 2.23. The van der Waals surface area contributed by atoms with E-state index in [1.807, 2.05) is 0 Å². The van der Waals surface area contributed by atoms with E-state index >= 15 is 0 Å². The van der Waals surface area contributed by atoms with Gasteiger partial charge in [-0.3, -0.25) is 0 Å². The van der Waals surface area contributed by atoms with E-state index in [1.54, 1.807) is 11.1 Å². The zero-order chi connectivity index (χ0) is 7.97. The predicted molar refractivity (Wildman–Crippen MR) is 53.6 cm³/mol. The summed E-state index contributed by atoms with van der Waals surface area (Å²) in [5, 5.41) is 0.825. The summed E-state index contributed by atoms with van der Waals surface area (Å²) in [7, 11) is 0. The second-order valence-electron chi connectivity index (χ2n) is 3.73. The summed E-state index contributed by atoms with van der Waals surface area (Å²) in [5.41, 5.74) is 3.28. The SMILES string of the molecule is c1ccc2c(c1)C1CC[C@H]2SC1. The topological polar surface area (TPSA) is 0 Å². The standard InChI is InChI=1S/C11H12S/c1-2-4-10-9(3-1)8-5-6-11(10)12-7-8/h1-4,8,11H,5-7H2/t8?,11-/m1/s1. The van der Waals surface area contributed by atoms with E-state index in [-0.39, 0.29) is 0 Å². The Morgan fingerprint density at radius 1 is 1.08 bits per heavy atom. The minimum atomic E-state index is 0.825. The maximum atomic E-state index is 2.33. The van der Waals surface area contributed by atoms with Crippen LogP contribution in [0.15, 0.2) is 24.3 Å². The van der Waals surface area contributed by atoms with Gasteiger partial charge in [0, 0.05) is 11.0 Å². The first-order chi connectivity index (χ1) is 5.95. The van der Waals surface area contributed by atoms with Crippen LogP contribution in [0.25, 0.3) is 0 Å². The molecule has 0 N–H and O–H groups in total. The third-order valence-electron chi connectivity index (χ3n) is 3.06. The summed E-state index contributed by atoms with van der Waals surface area (Å²) in [4.78, 5) is 0. The van der Waals surface area contributed by atoms with Gasteiger partial charge in [0.25, 0.3) is 0 Å². The van der Waals surface area contributed by atoms with Crippen molar-refractivity contribution in [3.05, 3.63) is 35.4 Å². The van der Waals surface area contributed by atoms with E-state index in [0.717, 1.165) is 11.2 Å². The molecular formula is C11H12S. The van der Waals surface area contributed by atoms with E-state index in [1.165, 1.54) is 18.6 Å². The van der Waals surface area contributed by atoms with Gasteiger partial charge < -0.3 is 0 Å². The van der Waals surface area contributed by atoms with Crippen molar-refractivity contribution >= 4 is 11.8 Å². The molecule has 2 bridgehead atoms. The molecule has 1 aromatic carbocycles. The van der Waals surface area contributed by atoms with Crippen molar-refractivity contribution in [1.29, 1.82) is 0 Å². The molecule has 2 atom stereocenters. The smallest absolute Gasteiger partial charge is 0.0300 e. The number of hydrogen-bond donors (Lipinski definition) is 0. The van der Waals surface area contributed by atoms with E-state index in [0.29, 0.717) is 0 Å². The molecule has 2 heterocycles. The summed E-state index contributed by atoms with van der Waals surface area (Å²) in [6, 6.07) is 9.01. The number of rotatable bonds is 0. The second kappa shape index (κ2) is 2.53. The average molecular weight is 176 g/mol. The zero-order valence-electron chi connectivity index (χ0n) is 6.99. The molecule has 3 aliphatic rings. The Morgan fingerprint density at radius 2 is 1.92 bits per heavy atom. The number of benzene rings is 1. The lowest BCUT2D eigenvalue weighted by atomic mass is 9.83. The molecule has 1 fully saturated rings. The highest BCUT2D eigenvalue weighted by Gasteiger charge is 2.32. The molecule has 0 radical (unpaired) electrons. The molecule has 1 saturated heterocycles. The fraction of sp³-hybridized carbons (Fsp3) is 0.455. The second-order valence-corrected chi connectivity index (χ2v) is 4.96. The molecule has 2 aliphatic heterocycles. The summed E-state index contributed by atoms with van der Waals surface area (Å²) in [6.45, 7) is 0. The Morgan fingerprint density at radius 3 is 2.58 bits per heavy atom. The fourth-order valence-electron chi connectivity index (χ4n) is 2.42. The minimum Gasteiger partial charge on any atom is -0.153 e. The molecule has 0 amide bonds. The van der Waals surface area contributed by atoms with Gasteiger partial charge in [0.2, 0.25) is 0 Å². The van der Waals surface area contributed by atoms with Gasteiger partial charge in [-0.05, 0) is 29.9 Å². The third-order valence-corrected chi connectivity index (χ3v) is 4.55. The Balaban J connectivity index is 2.19. The van der Waals surface area contributed by atoms with Gasteiger partial charge in [0.05, 0.1) is 0 Å². The lowest BCUT2D eigenvalue weighted by Gasteiger charge is -2.37. The molecular weight excluding hydrogens is 164 g/mol. The minimum absolute atomic E-state index is 0.825. The number of fused-ring (bicyclic) bond motifs is 2. The van der Waals surface area contributed by atoms with Crippen LogP contribution in [0.2, 0.25) is 0 Å². The lowest BCUT2D eigenvalue weighted by molar-refractivity contribution is 0.565. The van der Waals surface area contributed by atoms with Crippen molar-refractivity contribution in [3.63, 3.8) is 0 Å². The van der Waals surface area contributed by atoms with Gasteiger partial charge in [0.15, 0.2) is 0 Å². The maximum Gasteiger partial charge on any atom is 0.0300 e. The average Bonchev–Trinajstić information content (AvgIpc) is 2.20. The largest absolute Gasteiger partial charge is 0.153 e. The quantitative estimate of drug-likeness (QED) is 0.584. The van der Waals surface area contributed by atoms with Crippen LogP contribution in [0.3, 0.4) is 0 Å². The van der Waals surface area contributed by atoms with Crippen LogP contribution in [-0.4, -0.2) is 5.75 Å². The highest BCUT2D eigenvalue weighted by Crippen LogP contribution is 2.51. The molecule has 0 spiro atoms. The molecule has 62 valence electrons. The third kappa shape index (κ3) is 0.861. The summed E-state index contributed by atoms with van der Waals surface area (Å²) < 4.78 is 0. The Labute approximate surface area is 77.4 Å². The van der Waals surface area contributed by atoms with Crippen LogP contribution in [-0.2, 0) is 0 Å². The first-order valence-electron chi connectivity index (χ1n) is 4.65. The van der Waals surface area contributed by atoms with Crippen LogP contribution < -0.4 is 0 Å². The summed E-state index contributed by atoms with van der Waals surface area (Å²) >= 11 is 2.16. The fourth-order valence-corrected chi connectivity index (χ4v) is 3.93. The number of thioether (sulfide) groups is 1. The van der Waals surface area contributed by atoms with Crippen LogP contribution in [0.1, 0.15) is 35.1 Å². The van der Waals surface area contributed by atoms with Crippen molar-refractivity contribution in [2.45, 2.75) is 24.0 Å². The van der Waals surface area contributed by atoms with Crippen LogP contribution in [0.5, 0.6) is 0 Å². The van der Waals surface area contributed by atoms with Gasteiger partial charge in [0.1, 0.15) is 0 Å². The van der Waals surface area contributed by atoms with Gasteiger partial charge in [-0.15, -0.1) is 0 Å². The molecule has 4 rings (SSSR count). The van der Waals surface area contributed by atoms with E-state index in [4.69, 9.17) is 0 Å². The van der Waals surface area contributed by atoms with Crippen molar-refractivity contribution in [2.75, 3.05) is 5.75 Å². The van der Waals surface area contributed by atoms with Gasteiger partial charge in [-0.2, -0.15) is 11.8 Å². The Hall–Kier alpha value is -0.430. The maximum absolute atomic E-state index is 2.33. The van der Waals surface area contributed by atoms with E-state index < -0.39 is 0 Å². The molecule has 1 unspecified atom stereocenters. The van der Waals surface area contributed by atoms with Gasteiger partial charge in [-0.25, -0.2) is 0 Å². The molecule has 0 aromatic heterocycles. The van der Waals surface area contributed by atoms with Gasteiger partial charge in [-0.1, -0.05) is 24.3 Å². The lowest BCUT2D eigenvalue weighted by Crippen LogP contribution is -2.20.